The van der Waals surface area contributed by atoms with E-state index < -0.39 is 0 Å². The smallest absolute Gasteiger partial charge is 0.0593 e. The van der Waals surface area contributed by atoms with E-state index in [9.17, 15) is 0 Å². The number of hydrogen-bond donors (Lipinski definition) is 1. The molecule has 0 aliphatic carbocycles. The lowest BCUT2D eigenvalue weighted by Gasteiger charge is -2.27. The molecular formula is C14H30N2O. The molecular weight excluding hydrogens is 212 g/mol. The maximum Gasteiger partial charge on any atom is 0.0593 e. The summed E-state index contributed by atoms with van der Waals surface area (Å²) in [5.74, 6) is 0.753. The monoisotopic (exact) mass is 242 g/mol. The Labute approximate surface area is 107 Å². The molecule has 1 aliphatic heterocycles. The Kier molecular flexibility index (Phi) is 7.82. The van der Waals surface area contributed by atoms with Crippen LogP contribution in [0.15, 0.2) is 0 Å². The van der Waals surface area contributed by atoms with Gasteiger partial charge in [0.05, 0.1) is 6.61 Å². The van der Waals surface area contributed by atoms with Crippen molar-refractivity contribution in [3.05, 3.63) is 0 Å². The second-order valence-electron chi connectivity index (χ2n) is 5.63. The van der Waals surface area contributed by atoms with Gasteiger partial charge in [-0.3, -0.25) is 0 Å². The fraction of sp³-hybridized carbons (Fsp3) is 1.00. The maximum atomic E-state index is 5.69. The van der Waals surface area contributed by atoms with Crippen LogP contribution in [-0.4, -0.2) is 50.3 Å². The maximum absolute atomic E-state index is 5.69. The topological polar surface area (TPSA) is 24.5 Å². The first kappa shape index (κ1) is 14.9. The van der Waals surface area contributed by atoms with Gasteiger partial charge in [0, 0.05) is 19.2 Å². The van der Waals surface area contributed by atoms with E-state index in [1.54, 1.807) is 0 Å². The third-order valence-electron chi connectivity index (χ3n) is 3.41. The van der Waals surface area contributed by atoms with Crippen LogP contribution in [0.4, 0.5) is 0 Å². The summed E-state index contributed by atoms with van der Waals surface area (Å²) in [6, 6.07) is 0.666. The van der Waals surface area contributed by atoms with Crippen LogP contribution in [0.3, 0.4) is 0 Å². The van der Waals surface area contributed by atoms with Crippen molar-refractivity contribution in [3.8, 4) is 0 Å². The van der Waals surface area contributed by atoms with Crippen LogP contribution in [0.5, 0.6) is 0 Å². The molecule has 0 spiro atoms. The third kappa shape index (κ3) is 7.74. The molecule has 0 bridgehead atoms. The largest absolute Gasteiger partial charge is 0.380 e. The van der Waals surface area contributed by atoms with E-state index in [0.717, 1.165) is 32.2 Å². The standard InChI is InChI=1S/C14H30N2O/c1-13(2)6-11-17-12-10-16-8-4-7-15-14(3)5-9-16/h13-15H,4-12H2,1-3H3. The Morgan fingerprint density at radius 1 is 1.29 bits per heavy atom. The highest BCUT2D eigenvalue weighted by Crippen LogP contribution is 2.03. The minimum absolute atomic E-state index is 0.666. The van der Waals surface area contributed by atoms with Gasteiger partial charge in [0.2, 0.25) is 0 Å². The average Bonchev–Trinajstić information content (AvgIpc) is 2.26. The molecule has 0 aromatic rings. The Hall–Kier alpha value is -0.120. The van der Waals surface area contributed by atoms with Crippen molar-refractivity contribution in [1.82, 2.24) is 10.2 Å². The number of nitrogens with one attached hydrogen (secondary N) is 1. The number of nitrogens with zero attached hydrogens (tertiary/aromatic N) is 1. The summed E-state index contributed by atoms with van der Waals surface area (Å²) in [5, 5.41) is 3.54. The highest BCUT2D eigenvalue weighted by molar-refractivity contribution is 4.69. The molecule has 1 saturated heterocycles. The van der Waals surface area contributed by atoms with Gasteiger partial charge >= 0.3 is 0 Å². The average molecular weight is 242 g/mol. The fourth-order valence-corrected chi connectivity index (χ4v) is 2.08. The Morgan fingerprint density at radius 3 is 2.88 bits per heavy atom. The van der Waals surface area contributed by atoms with E-state index in [1.807, 2.05) is 0 Å². The van der Waals surface area contributed by atoms with Crippen molar-refractivity contribution in [2.24, 2.45) is 5.92 Å². The van der Waals surface area contributed by atoms with E-state index in [1.165, 1.54) is 32.4 Å². The highest BCUT2D eigenvalue weighted by Gasteiger charge is 2.11. The van der Waals surface area contributed by atoms with E-state index >= 15 is 0 Å². The first-order valence-corrected chi connectivity index (χ1v) is 7.22. The van der Waals surface area contributed by atoms with Crippen molar-refractivity contribution >= 4 is 0 Å². The van der Waals surface area contributed by atoms with Gasteiger partial charge in [-0.15, -0.1) is 0 Å². The van der Waals surface area contributed by atoms with E-state index in [4.69, 9.17) is 4.74 Å². The van der Waals surface area contributed by atoms with E-state index in [2.05, 4.69) is 31.0 Å². The summed E-state index contributed by atoms with van der Waals surface area (Å²) in [4.78, 5) is 2.55. The van der Waals surface area contributed by atoms with Crippen molar-refractivity contribution < 1.29 is 4.74 Å². The number of rotatable bonds is 6. The Bertz CT molecular complexity index is 185. The van der Waals surface area contributed by atoms with Crippen LogP contribution in [0.2, 0.25) is 0 Å². The molecule has 0 radical (unpaired) electrons. The molecule has 1 atom stereocenters. The quantitative estimate of drug-likeness (QED) is 0.722. The lowest BCUT2D eigenvalue weighted by molar-refractivity contribution is 0.0924. The molecule has 17 heavy (non-hydrogen) atoms. The van der Waals surface area contributed by atoms with Gasteiger partial charge in [-0.2, -0.15) is 0 Å². The minimum Gasteiger partial charge on any atom is -0.380 e. The Balaban J connectivity index is 2.04. The zero-order valence-electron chi connectivity index (χ0n) is 11.9. The van der Waals surface area contributed by atoms with Crippen molar-refractivity contribution in [2.45, 2.75) is 46.1 Å². The van der Waals surface area contributed by atoms with Crippen LogP contribution < -0.4 is 5.32 Å². The molecule has 102 valence electrons. The summed E-state index contributed by atoms with van der Waals surface area (Å²) in [6.45, 7) is 13.3. The van der Waals surface area contributed by atoms with Crippen molar-refractivity contribution in [2.75, 3.05) is 39.4 Å². The van der Waals surface area contributed by atoms with Crippen LogP contribution in [-0.2, 0) is 4.74 Å². The van der Waals surface area contributed by atoms with Gasteiger partial charge in [-0.25, -0.2) is 0 Å². The van der Waals surface area contributed by atoms with E-state index in [-0.39, 0.29) is 0 Å². The first-order valence-electron chi connectivity index (χ1n) is 7.22. The molecule has 1 N–H and O–H groups in total. The molecule has 3 nitrogen and oxygen atoms in total. The molecule has 0 aromatic heterocycles. The molecule has 0 amide bonds. The van der Waals surface area contributed by atoms with Gasteiger partial charge in [0.15, 0.2) is 0 Å². The van der Waals surface area contributed by atoms with Gasteiger partial charge in [0.25, 0.3) is 0 Å². The minimum atomic E-state index is 0.666. The second kappa shape index (κ2) is 8.90. The first-order chi connectivity index (χ1) is 8.18. The van der Waals surface area contributed by atoms with Crippen LogP contribution in [0, 0.1) is 5.92 Å². The van der Waals surface area contributed by atoms with Crippen molar-refractivity contribution in [1.29, 1.82) is 0 Å². The predicted octanol–water partition coefficient (Wildman–Crippen LogP) is 2.12. The van der Waals surface area contributed by atoms with E-state index in [0.29, 0.717) is 6.04 Å². The highest BCUT2D eigenvalue weighted by atomic mass is 16.5. The lowest BCUT2D eigenvalue weighted by atomic mass is 10.1. The van der Waals surface area contributed by atoms with Crippen LogP contribution in [0.1, 0.15) is 40.0 Å². The fourth-order valence-electron chi connectivity index (χ4n) is 2.08. The molecule has 3 heteroatoms. The lowest BCUT2D eigenvalue weighted by Crippen LogP contribution is -2.39. The zero-order valence-corrected chi connectivity index (χ0v) is 11.9. The molecule has 1 fully saturated rings. The Morgan fingerprint density at radius 2 is 2.12 bits per heavy atom. The third-order valence-corrected chi connectivity index (χ3v) is 3.41. The SMILES string of the molecule is CC(C)CCOCCN1CCCNC(C)CC1. The van der Waals surface area contributed by atoms with Gasteiger partial charge in [-0.05, 0) is 51.7 Å². The van der Waals surface area contributed by atoms with Crippen molar-refractivity contribution in [3.63, 3.8) is 0 Å². The molecule has 1 heterocycles. The summed E-state index contributed by atoms with van der Waals surface area (Å²) >= 11 is 0. The summed E-state index contributed by atoms with van der Waals surface area (Å²) < 4.78 is 5.69. The van der Waals surface area contributed by atoms with Crippen LogP contribution >= 0.6 is 0 Å². The molecule has 0 saturated carbocycles. The summed E-state index contributed by atoms with van der Waals surface area (Å²) in [6.07, 6.45) is 3.70. The zero-order chi connectivity index (χ0) is 12.5. The van der Waals surface area contributed by atoms with Crippen LogP contribution in [0.25, 0.3) is 0 Å². The molecule has 0 aromatic carbocycles. The predicted molar refractivity (Wildman–Crippen MR) is 73.4 cm³/mol. The van der Waals surface area contributed by atoms with Gasteiger partial charge in [-0.1, -0.05) is 13.8 Å². The number of hydrogen-bond acceptors (Lipinski definition) is 3. The van der Waals surface area contributed by atoms with Gasteiger partial charge in [0.1, 0.15) is 0 Å². The second-order valence-corrected chi connectivity index (χ2v) is 5.63. The summed E-state index contributed by atoms with van der Waals surface area (Å²) in [5.41, 5.74) is 0. The molecule has 1 unspecified atom stereocenters. The molecule has 1 aliphatic rings. The normalized spacial score (nSPS) is 23.6. The summed E-state index contributed by atoms with van der Waals surface area (Å²) in [7, 11) is 0. The van der Waals surface area contributed by atoms with Gasteiger partial charge < -0.3 is 15.0 Å². The molecule has 1 rings (SSSR count). The number of ether oxygens (including phenoxy) is 1.